The molecule has 0 amide bonds. The molecule has 0 saturated carbocycles. The van der Waals surface area contributed by atoms with Gasteiger partial charge in [0.15, 0.2) is 0 Å². The van der Waals surface area contributed by atoms with Crippen LogP contribution in [0.5, 0.6) is 11.5 Å². The van der Waals surface area contributed by atoms with Crippen molar-refractivity contribution in [1.29, 1.82) is 0 Å². The minimum Gasteiger partial charge on any atom is -0.495 e. The van der Waals surface area contributed by atoms with E-state index in [-0.39, 0.29) is 5.82 Å². The molecule has 1 unspecified atom stereocenters. The molecule has 0 saturated heterocycles. The third-order valence-electron chi connectivity index (χ3n) is 3.02. The molecule has 1 atom stereocenters. The second kappa shape index (κ2) is 7.03. The van der Waals surface area contributed by atoms with Crippen LogP contribution < -0.4 is 9.47 Å². The number of hydrogen-bond donors (Lipinski definition) is 0. The predicted molar refractivity (Wildman–Crippen MR) is 91.4 cm³/mol. The van der Waals surface area contributed by atoms with Gasteiger partial charge in [0.2, 0.25) is 0 Å². The van der Waals surface area contributed by atoms with Gasteiger partial charge >= 0.3 is 0 Å². The van der Waals surface area contributed by atoms with Crippen LogP contribution in [0, 0.1) is 9.39 Å². The van der Waals surface area contributed by atoms with Crippen LogP contribution in [0.2, 0.25) is 5.02 Å². The maximum absolute atomic E-state index is 13.2. The van der Waals surface area contributed by atoms with Gasteiger partial charge in [0.05, 0.1) is 19.6 Å². The number of alkyl halides is 1. The molecule has 0 N–H and O–H groups in total. The average Bonchev–Trinajstić information content (AvgIpc) is 2.46. The first-order chi connectivity index (χ1) is 9.99. The van der Waals surface area contributed by atoms with Crippen molar-refractivity contribution in [1.82, 2.24) is 0 Å². The summed E-state index contributed by atoms with van der Waals surface area (Å²) in [4.78, 5) is 0. The van der Waals surface area contributed by atoms with Crippen molar-refractivity contribution < 1.29 is 13.9 Å². The van der Waals surface area contributed by atoms with E-state index in [9.17, 15) is 4.39 Å². The van der Waals surface area contributed by atoms with Gasteiger partial charge in [0, 0.05) is 9.13 Å². The molecule has 0 bridgehead atoms. The molecule has 21 heavy (non-hydrogen) atoms. The Balaban J connectivity index is 2.52. The molecular weight excluding hydrogens is 429 g/mol. The highest BCUT2D eigenvalue weighted by atomic mass is 127. The summed E-state index contributed by atoms with van der Waals surface area (Å²) in [6, 6.07) is 7.99. The van der Waals surface area contributed by atoms with Crippen LogP contribution in [-0.4, -0.2) is 14.2 Å². The normalized spacial score (nSPS) is 12.1. The molecule has 2 aromatic carbocycles. The molecule has 0 heterocycles. The van der Waals surface area contributed by atoms with Crippen molar-refractivity contribution in [2.75, 3.05) is 14.2 Å². The summed E-state index contributed by atoms with van der Waals surface area (Å²) in [5.41, 5.74) is 1.49. The zero-order valence-corrected chi connectivity index (χ0v) is 15.0. The number of hydrogen-bond acceptors (Lipinski definition) is 2. The highest BCUT2D eigenvalue weighted by molar-refractivity contribution is 14.1. The maximum atomic E-state index is 13.2. The summed E-state index contributed by atoms with van der Waals surface area (Å²) in [6.07, 6.45) is 0. The van der Waals surface area contributed by atoms with Crippen LogP contribution in [0.15, 0.2) is 30.3 Å². The standard InChI is InChI=1S/C15H12Cl2FIO2/c1-20-12-6-5-10(15(21-2)14(12)17)13(16)9-4-3-8(18)7-11(9)19/h3-7,13H,1-2H3. The molecule has 0 aromatic heterocycles. The van der Waals surface area contributed by atoms with Crippen molar-refractivity contribution in [3.05, 3.63) is 55.9 Å². The van der Waals surface area contributed by atoms with Gasteiger partial charge in [-0.15, -0.1) is 11.6 Å². The summed E-state index contributed by atoms with van der Waals surface area (Å²) in [5, 5.41) is -0.142. The minimum absolute atomic E-state index is 0.299. The van der Waals surface area contributed by atoms with Gasteiger partial charge in [-0.1, -0.05) is 17.7 Å². The molecule has 2 aromatic rings. The first-order valence-corrected chi connectivity index (χ1v) is 7.88. The van der Waals surface area contributed by atoms with E-state index in [0.29, 0.717) is 22.1 Å². The molecule has 0 aliphatic carbocycles. The van der Waals surface area contributed by atoms with E-state index in [1.807, 2.05) is 0 Å². The van der Waals surface area contributed by atoms with Gasteiger partial charge < -0.3 is 9.47 Å². The number of rotatable bonds is 4. The third-order valence-corrected chi connectivity index (χ3v) is 4.79. The Kier molecular flexibility index (Phi) is 5.57. The number of benzene rings is 2. The van der Waals surface area contributed by atoms with E-state index in [4.69, 9.17) is 32.7 Å². The Hall–Kier alpha value is -0.720. The zero-order chi connectivity index (χ0) is 15.6. The number of ether oxygens (including phenoxy) is 2. The first kappa shape index (κ1) is 16.6. The van der Waals surface area contributed by atoms with Crippen molar-refractivity contribution in [2.24, 2.45) is 0 Å². The highest BCUT2D eigenvalue weighted by Gasteiger charge is 2.22. The summed E-state index contributed by atoms with van der Waals surface area (Å²) < 4.78 is 24.5. The maximum Gasteiger partial charge on any atom is 0.146 e. The lowest BCUT2D eigenvalue weighted by Crippen LogP contribution is -2.01. The SMILES string of the molecule is COc1ccc(C(Cl)c2ccc(F)cc2I)c(OC)c1Cl. The molecule has 112 valence electrons. The molecule has 0 radical (unpaired) electrons. The highest BCUT2D eigenvalue weighted by Crippen LogP contribution is 2.44. The third kappa shape index (κ3) is 3.38. The molecular formula is C15H12Cl2FIO2. The second-order valence-electron chi connectivity index (χ2n) is 4.23. The van der Waals surface area contributed by atoms with Crippen LogP contribution in [-0.2, 0) is 0 Å². The van der Waals surface area contributed by atoms with Crippen LogP contribution in [0.1, 0.15) is 16.5 Å². The Morgan fingerprint density at radius 2 is 1.76 bits per heavy atom. The molecule has 0 fully saturated rings. The lowest BCUT2D eigenvalue weighted by Gasteiger charge is -2.18. The predicted octanol–water partition coefficient (Wildman–Crippen LogP) is 5.43. The first-order valence-electron chi connectivity index (χ1n) is 5.99. The fourth-order valence-electron chi connectivity index (χ4n) is 1.99. The van der Waals surface area contributed by atoms with Crippen LogP contribution in [0.25, 0.3) is 0 Å². The molecule has 2 rings (SSSR count). The minimum atomic E-state index is -0.504. The Bertz CT molecular complexity index is 664. The van der Waals surface area contributed by atoms with E-state index >= 15 is 0 Å². The smallest absolute Gasteiger partial charge is 0.146 e. The van der Waals surface area contributed by atoms with E-state index in [1.54, 1.807) is 18.2 Å². The second-order valence-corrected chi connectivity index (χ2v) is 6.21. The van der Waals surface area contributed by atoms with E-state index < -0.39 is 5.38 Å². The van der Waals surface area contributed by atoms with Crippen molar-refractivity contribution in [3.8, 4) is 11.5 Å². The fraction of sp³-hybridized carbons (Fsp3) is 0.200. The van der Waals surface area contributed by atoms with Gasteiger partial charge in [0.1, 0.15) is 22.3 Å². The lowest BCUT2D eigenvalue weighted by atomic mass is 10.0. The monoisotopic (exact) mass is 440 g/mol. The van der Waals surface area contributed by atoms with Gasteiger partial charge in [-0.2, -0.15) is 0 Å². The van der Waals surface area contributed by atoms with Gasteiger partial charge in [-0.3, -0.25) is 0 Å². The summed E-state index contributed by atoms with van der Waals surface area (Å²) in [7, 11) is 3.05. The fourth-order valence-corrected chi connectivity index (χ4v) is 3.65. The van der Waals surface area contributed by atoms with Gasteiger partial charge in [-0.05, 0) is 52.4 Å². The molecule has 2 nitrogen and oxygen atoms in total. The topological polar surface area (TPSA) is 18.5 Å². The number of methoxy groups -OCH3 is 2. The quantitative estimate of drug-likeness (QED) is 0.466. The van der Waals surface area contributed by atoms with Gasteiger partial charge in [0.25, 0.3) is 0 Å². The zero-order valence-electron chi connectivity index (χ0n) is 11.3. The molecule has 0 aliphatic heterocycles. The summed E-state index contributed by atoms with van der Waals surface area (Å²) in [6.45, 7) is 0. The largest absolute Gasteiger partial charge is 0.495 e. The van der Waals surface area contributed by atoms with E-state index in [2.05, 4.69) is 22.6 Å². The summed E-state index contributed by atoms with van der Waals surface area (Å²) >= 11 is 14.8. The Morgan fingerprint density at radius 1 is 1.10 bits per heavy atom. The Morgan fingerprint density at radius 3 is 2.33 bits per heavy atom. The van der Waals surface area contributed by atoms with Gasteiger partial charge in [-0.25, -0.2) is 4.39 Å². The van der Waals surface area contributed by atoms with Crippen molar-refractivity contribution in [3.63, 3.8) is 0 Å². The molecule has 0 aliphatic rings. The van der Waals surface area contributed by atoms with E-state index in [0.717, 1.165) is 9.13 Å². The average molecular weight is 441 g/mol. The van der Waals surface area contributed by atoms with Crippen molar-refractivity contribution >= 4 is 45.8 Å². The van der Waals surface area contributed by atoms with Crippen LogP contribution in [0.4, 0.5) is 4.39 Å². The lowest BCUT2D eigenvalue weighted by molar-refractivity contribution is 0.392. The summed E-state index contributed by atoms with van der Waals surface area (Å²) in [5.74, 6) is 0.665. The van der Waals surface area contributed by atoms with E-state index in [1.165, 1.54) is 26.4 Å². The Labute approximate surface area is 146 Å². The van der Waals surface area contributed by atoms with Crippen LogP contribution in [0.3, 0.4) is 0 Å². The van der Waals surface area contributed by atoms with Crippen molar-refractivity contribution in [2.45, 2.75) is 5.38 Å². The number of halogens is 4. The molecule has 6 heteroatoms. The van der Waals surface area contributed by atoms with Crippen LogP contribution >= 0.6 is 45.8 Å². The molecule has 0 spiro atoms.